The number of aromatic amines is 1. The van der Waals surface area contributed by atoms with Gasteiger partial charge in [-0.2, -0.15) is 5.10 Å². The summed E-state index contributed by atoms with van der Waals surface area (Å²) in [5, 5.41) is 7.57. The number of aromatic nitrogens is 3. The SMILES string of the molecule is Cc1cc2c(=O)[nH]c(C3CCNC3)cn2n1. The van der Waals surface area contributed by atoms with Gasteiger partial charge in [0.2, 0.25) is 0 Å². The third kappa shape index (κ3) is 1.44. The quantitative estimate of drug-likeness (QED) is 0.728. The molecule has 0 amide bonds. The van der Waals surface area contributed by atoms with E-state index < -0.39 is 0 Å². The summed E-state index contributed by atoms with van der Waals surface area (Å²) in [6, 6.07) is 1.80. The third-order valence-corrected chi connectivity index (χ3v) is 3.11. The molecule has 2 N–H and O–H groups in total. The van der Waals surface area contributed by atoms with Crippen molar-refractivity contribution in [3.05, 3.63) is 34.0 Å². The molecule has 0 spiro atoms. The highest BCUT2D eigenvalue weighted by Gasteiger charge is 2.18. The molecule has 0 aliphatic carbocycles. The number of H-pyrrole nitrogens is 1. The first kappa shape index (κ1) is 9.59. The Morgan fingerprint density at radius 3 is 3.19 bits per heavy atom. The summed E-state index contributed by atoms with van der Waals surface area (Å²) >= 11 is 0. The van der Waals surface area contributed by atoms with Gasteiger partial charge in [0.05, 0.1) is 5.69 Å². The van der Waals surface area contributed by atoms with Gasteiger partial charge in [-0.25, -0.2) is 4.52 Å². The van der Waals surface area contributed by atoms with Crippen LogP contribution in [0.25, 0.3) is 5.52 Å². The molecule has 5 nitrogen and oxygen atoms in total. The van der Waals surface area contributed by atoms with E-state index in [2.05, 4.69) is 15.4 Å². The Morgan fingerprint density at radius 1 is 1.56 bits per heavy atom. The summed E-state index contributed by atoms with van der Waals surface area (Å²) in [5.41, 5.74) is 2.41. The van der Waals surface area contributed by atoms with E-state index in [1.54, 1.807) is 10.6 Å². The molecule has 84 valence electrons. The number of hydrogen-bond acceptors (Lipinski definition) is 3. The van der Waals surface area contributed by atoms with Crippen molar-refractivity contribution >= 4 is 5.52 Å². The van der Waals surface area contributed by atoms with Gasteiger partial charge < -0.3 is 10.3 Å². The lowest BCUT2D eigenvalue weighted by atomic mass is 10.1. The molecule has 0 aromatic carbocycles. The molecule has 16 heavy (non-hydrogen) atoms. The Kier molecular flexibility index (Phi) is 2.07. The first-order valence-corrected chi connectivity index (χ1v) is 5.54. The zero-order valence-electron chi connectivity index (χ0n) is 9.16. The van der Waals surface area contributed by atoms with Crippen LogP contribution in [0.2, 0.25) is 0 Å². The fourth-order valence-electron chi connectivity index (χ4n) is 2.27. The van der Waals surface area contributed by atoms with Crippen LogP contribution in [0.15, 0.2) is 17.1 Å². The molecule has 1 unspecified atom stereocenters. The van der Waals surface area contributed by atoms with Crippen molar-refractivity contribution in [1.82, 2.24) is 19.9 Å². The van der Waals surface area contributed by atoms with Crippen molar-refractivity contribution in [2.24, 2.45) is 0 Å². The van der Waals surface area contributed by atoms with Crippen LogP contribution in [0, 0.1) is 6.92 Å². The molecule has 5 heteroatoms. The van der Waals surface area contributed by atoms with E-state index in [0.29, 0.717) is 11.4 Å². The lowest BCUT2D eigenvalue weighted by Crippen LogP contribution is -2.16. The van der Waals surface area contributed by atoms with Crippen LogP contribution in [0.3, 0.4) is 0 Å². The van der Waals surface area contributed by atoms with E-state index in [1.165, 1.54) is 0 Å². The van der Waals surface area contributed by atoms with Gasteiger partial charge >= 0.3 is 0 Å². The summed E-state index contributed by atoms with van der Waals surface area (Å²) < 4.78 is 1.68. The largest absolute Gasteiger partial charge is 0.323 e. The molecule has 1 atom stereocenters. The van der Waals surface area contributed by atoms with Crippen LogP contribution in [-0.2, 0) is 0 Å². The lowest BCUT2D eigenvalue weighted by molar-refractivity contribution is 0.715. The van der Waals surface area contributed by atoms with E-state index in [0.717, 1.165) is 30.9 Å². The molecule has 1 saturated heterocycles. The highest BCUT2D eigenvalue weighted by Crippen LogP contribution is 2.19. The average Bonchev–Trinajstić information content (AvgIpc) is 2.84. The van der Waals surface area contributed by atoms with E-state index in [4.69, 9.17) is 0 Å². The van der Waals surface area contributed by atoms with Crippen molar-refractivity contribution < 1.29 is 0 Å². The van der Waals surface area contributed by atoms with Gasteiger partial charge in [-0.3, -0.25) is 4.79 Å². The standard InChI is InChI=1S/C11H14N4O/c1-7-4-10-11(16)13-9(6-15(10)14-7)8-2-3-12-5-8/h4,6,8,12H,2-3,5H2,1H3,(H,13,16). The minimum Gasteiger partial charge on any atom is -0.323 e. The fraction of sp³-hybridized carbons (Fsp3) is 0.455. The Balaban J connectivity index is 2.16. The second-order valence-corrected chi connectivity index (χ2v) is 4.34. The van der Waals surface area contributed by atoms with Gasteiger partial charge in [-0.1, -0.05) is 0 Å². The van der Waals surface area contributed by atoms with Crippen molar-refractivity contribution in [3.63, 3.8) is 0 Å². The number of aryl methyl sites for hydroxylation is 1. The predicted octanol–water partition coefficient (Wildman–Crippen LogP) is 0.408. The lowest BCUT2D eigenvalue weighted by Gasteiger charge is -2.08. The van der Waals surface area contributed by atoms with Crippen molar-refractivity contribution in [1.29, 1.82) is 0 Å². The fourth-order valence-corrected chi connectivity index (χ4v) is 2.27. The third-order valence-electron chi connectivity index (χ3n) is 3.11. The van der Waals surface area contributed by atoms with Gasteiger partial charge in [0.15, 0.2) is 0 Å². The second kappa shape index (κ2) is 3.45. The van der Waals surface area contributed by atoms with Crippen LogP contribution in [0.1, 0.15) is 23.7 Å². The molecule has 0 saturated carbocycles. The van der Waals surface area contributed by atoms with Crippen LogP contribution < -0.4 is 10.9 Å². The Labute approximate surface area is 92.5 Å². The first-order chi connectivity index (χ1) is 7.74. The zero-order chi connectivity index (χ0) is 11.1. The first-order valence-electron chi connectivity index (χ1n) is 5.54. The second-order valence-electron chi connectivity index (χ2n) is 4.34. The topological polar surface area (TPSA) is 62.2 Å². The monoisotopic (exact) mass is 218 g/mol. The van der Waals surface area contributed by atoms with E-state index in [-0.39, 0.29) is 5.56 Å². The Morgan fingerprint density at radius 2 is 2.44 bits per heavy atom. The summed E-state index contributed by atoms with van der Waals surface area (Å²) in [7, 11) is 0. The summed E-state index contributed by atoms with van der Waals surface area (Å²) in [6.45, 7) is 3.84. The van der Waals surface area contributed by atoms with Crippen molar-refractivity contribution in [3.8, 4) is 0 Å². The summed E-state index contributed by atoms with van der Waals surface area (Å²) in [4.78, 5) is 14.8. The van der Waals surface area contributed by atoms with Gasteiger partial charge in [0, 0.05) is 24.4 Å². The molecule has 0 radical (unpaired) electrons. The predicted molar refractivity (Wildman–Crippen MR) is 60.8 cm³/mol. The highest BCUT2D eigenvalue weighted by molar-refractivity contribution is 5.45. The van der Waals surface area contributed by atoms with Crippen LogP contribution in [-0.4, -0.2) is 27.7 Å². The molecular formula is C11H14N4O. The normalized spacial score (nSPS) is 20.7. The highest BCUT2D eigenvalue weighted by atomic mass is 16.1. The van der Waals surface area contributed by atoms with Gasteiger partial charge in [0.1, 0.15) is 5.52 Å². The molecule has 2 aromatic heterocycles. The Hall–Kier alpha value is -1.62. The molecular weight excluding hydrogens is 204 g/mol. The average molecular weight is 218 g/mol. The minimum absolute atomic E-state index is 0.0509. The number of fused-ring (bicyclic) bond motifs is 1. The van der Waals surface area contributed by atoms with Crippen LogP contribution >= 0.6 is 0 Å². The number of rotatable bonds is 1. The summed E-state index contributed by atoms with van der Waals surface area (Å²) in [6.07, 6.45) is 3.00. The zero-order valence-corrected chi connectivity index (χ0v) is 9.16. The number of nitrogens with one attached hydrogen (secondary N) is 2. The molecule has 1 aliphatic heterocycles. The number of nitrogens with zero attached hydrogens (tertiary/aromatic N) is 2. The van der Waals surface area contributed by atoms with Crippen molar-refractivity contribution in [2.45, 2.75) is 19.3 Å². The number of hydrogen-bond donors (Lipinski definition) is 2. The van der Waals surface area contributed by atoms with E-state index in [1.807, 2.05) is 13.1 Å². The van der Waals surface area contributed by atoms with E-state index >= 15 is 0 Å². The Bertz CT molecular complexity index is 577. The van der Waals surface area contributed by atoms with Gasteiger partial charge in [-0.05, 0) is 26.0 Å². The maximum Gasteiger partial charge on any atom is 0.274 e. The molecule has 1 aliphatic rings. The molecule has 0 bridgehead atoms. The summed E-state index contributed by atoms with van der Waals surface area (Å²) in [5.74, 6) is 0.404. The molecule has 3 heterocycles. The van der Waals surface area contributed by atoms with Crippen molar-refractivity contribution in [2.75, 3.05) is 13.1 Å². The molecule has 2 aromatic rings. The smallest absolute Gasteiger partial charge is 0.274 e. The maximum atomic E-state index is 11.8. The van der Waals surface area contributed by atoms with Crippen LogP contribution in [0.5, 0.6) is 0 Å². The van der Waals surface area contributed by atoms with E-state index in [9.17, 15) is 4.79 Å². The maximum absolute atomic E-state index is 11.8. The van der Waals surface area contributed by atoms with Crippen LogP contribution in [0.4, 0.5) is 0 Å². The van der Waals surface area contributed by atoms with Gasteiger partial charge in [0.25, 0.3) is 5.56 Å². The molecule has 1 fully saturated rings. The molecule has 3 rings (SSSR count). The minimum atomic E-state index is -0.0509. The van der Waals surface area contributed by atoms with Gasteiger partial charge in [-0.15, -0.1) is 0 Å².